The number of amides is 1. The largest absolute Gasteiger partial charge is 0.497 e. The summed E-state index contributed by atoms with van der Waals surface area (Å²) in [6.45, 7) is 2.25. The van der Waals surface area contributed by atoms with Crippen molar-refractivity contribution >= 4 is 5.91 Å². The van der Waals surface area contributed by atoms with Gasteiger partial charge in [-0.2, -0.15) is 0 Å². The molecule has 0 fully saturated rings. The van der Waals surface area contributed by atoms with Gasteiger partial charge in [0.15, 0.2) is 0 Å². The number of hydrogen-bond donors (Lipinski definition) is 1. The van der Waals surface area contributed by atoms with Gasteiger partial charge in [0, 0.05) is 24.0 Å². The molecule has 0 saturated carbocycles. The molecule has 0 aliphatic heterocycles. The molecule has 4 rings (SSSR count). The molecule has 1 N–H and O–H groups in total. The number of carbonyl (C=O) groups is 1. The van der Waals surface area contributed by atoms with E-state index in [0.717, 1.165) is 34.0 Å². The highest BCUT2D eigenvalue weighted by Crippen LogP contribution is 2.30. The van der Waals surface area contributed by atoms with E-state index in [-0.39, 0.29) is 11.7 Å². The number of aromatic nitrogens is 1. The second kappa shape index (κ2) is 8.88. The molecule has 0 unspecified atom stereocenters. The number of methoxy groups -OCH3 is 1. The Morgan fingerprint density at radius 1 is 0.968 bits per heavy atom. The summed E-state index contributed by atoms with van der Waals surface area (Å²) in [6.07, 6.45) is 0. The molecular weight excluding hydrogens is 391 g/mol. The van der Waals surface area contributed by atoms with Crippen molar-refractivity contribution in [1.82, 2.24) is 9.88 Å². The quantitative estimate of drug-likeness (QED) is 0.451. The first-order chi connectivity index (χ1) is 15.1. The van der Waals surface area contributed by atoms with Crippen molar-refractivity contribution in [2.45, 2.75) is 13.5 Å². The first-order valence-electron chi connectivity index (χ1n) is 10.0. The first-order valence-corrected chi connectivity index (χ1v) is 10.0. The molecule has 156 valence electrons. The SMILES string of the molecule is COc1cccc(-n2c(-c3ccccc3)cc(C(=O)NCc3ccc(F)cc3)c2C)c1. The number of hydrogen-bond acceptors (Lipinski definition) is 2. The van der Waals surface area contributed by atoms with Gasteiger partial charge in [-0.3, -0.25) is 4.79 Å². The van der Waals surface area contributed by atoms with Gasteiger partial charge in [-0.1, -0.05) is 48.5 Å². The van der Waals surface area contributed by atoms with Crippen LogP contribution in [0.4, 0.5) is 4.39 Å². The lowest BCUT2D eigenvalue weighted by Crippen LogP contribution is -2.23. The molecule has 1 amide bonds. The molecule has 31 heavy (non-hydrogen) atoms. The Morgan fingerprint density at radius 2 is 1.71 bits per heavy atom. The number of nitrogens with one attached hydrogen (secondary N) is 1. The van der Waals surface area contributed by atoms with E-state index in [2.05, 4.69) is 9.88 Å². The molecule has 0 aliphatic carbocycles. The lowest BCUT2D eigenvalue weighted by molar-refractivity contribution is 0.0950. The predicted octanol–water partition coefficient (Wildman–Crippen LogP) is 5.53. The Kier molecular flexibility index (Phi) is 5.85. The standard InChI is InChI=1S/C26H23FN2O2/c1-18-24(26(30)28-17-19-11-13-21(27)14-12-19)16-25(20-7-4-3-5-8-20)29(18)22-9-6-10-23(15-22)31-2/h3-16H,17H2,1-2H3,(H,28,30). The highest BCUT2D eigenvalue weighted by atomic mass is 19.1. The minimum Gasteiger partial charge on any atom is -0.497 e. The second-order valence-corrected chi connectivity index (χ2v) is 7.24. The average Bonchev–Trinajstić information content (AvgIpc) is 3.16. The normalized spacial score (nSPS) is 10.7. The maximum atomic E-state index is 13.1. The molecule has 0 atom stereocenters. The van der Waals surface area contributed by atoms with Crippen molar-refractivity contribution < 1.29 is 13.9 Å². The highest BCUT2D eigenvalue weighted by Gasteiger charge is 2.19. The summed E-state index contributed by atoms with van der Waals surface area (Å²) in [6, 6.07) is 25.7. The maximum Gasteiger partial charge on any atom is 0.253 e. The van der Waals surface area contributed by atoms with Crippen LogP contribution >= 0.6 is 0 Å². The number of carbonyl (C=O) groups excluding carboxylic acids is 1. The Labute approximate surface area is 180 Å². The summed E-state index contributed by atoms with van der Waals surface area (Å²) in [5.74, 6) is 0.265. The van der Waals surface area contributed by atoms with E-state index in [9.17, 15) is 9.18 Å². The van der Waals surface area contributed by atoms with Gasteiger partial charge in [0.1, 0.15) is 11.6 Å². The van der Waals surface area contributed by atoms with E-state index < -0.39 is 0 Å². The van der Waals surface area contributed by atoms with Crippen LogP contribution in [0.2, 0.25) is 0 Å². The van der Waals surface area contributed by atoms with E-state index in [1.54, 1.807) is 19.2 Å². The number of benzene rings is 3. The molecule has 0 bridgehead atoms. The second-order valence-electron chi connectivity index (χ2n) is 7.24. The summed E-state index contributed by atoms with van der Waals surface area (Å²) in [5, 5.41) is 2.94. The highest BCUT2D eigenvalue weighted by molar-refractivity contribution is 5.97. The van der Waals surface area contributed by atoms with E-state index in [1.165, 1.54) is 12.1 Å². The van der Waals surface area contributed by atoms with Crippen molar-refractivity contribution in [2.75, 3.05) is 7.11 Å². The average molecular weight is 414 g/mol. The van der Waals surface area contributed by atoms with Crippen molar-refractivity contribution in [1.29, 1.82) is 0 Å². The zero-order valence-electron chi connectivity index (χ0n) is 17.4. The third-order valence-electron chi connectivity index (χ3n) is 5.24. The van der Waals surface area contributed by atoms with Gasteiger partial charge < -0.3 is 14.6 Å². The van der Waals surface area contributed by atoms with Crippen LogP contribution in [-0.4, -0.2) is 17.6 Å². The third kappa shape index (κ3) is 4.36. The summed E-state index contributed by atoms with van der Waals surface area (Å²) < 4.78 is 20.6. The van der Waals surface area contributed by atoms with Gasteiger partial charge in [-0.25, -0.2) is 4.39 Å². The summed E-state index contributed by atoms with van der Waals surface area (Å²) in [5.41, 5.74) is 5.08. The van der Waals surface area contributed by atoms with Crippen molar-refractivity contribution in [2.24, 2.45) is 0 Å². The maximum absolute atomic E-state index is 13.1. The van der Waals surface area contributed by atoms with E-state index in [1.807, 2.05) is 67.6 Å². The van der Waals surface area contributed by atoms with Gasteiger partial charge in [-0.05, 0) is 48.4 Å². The zero-order chi connectivity index (χ0) is 21.8. The Hall–Kier alpha value is -3.86. The van der Waals surface area contributed by atoms with E-state index >= 15 is 0 Å². The molecular formula is C26H23FN2O2. The number of nitrogens with zero attached hydrogens (tertiary/aromatic N) is 1. The fourth-order valence-electron chi connectivity index (χ4n) is 3.62. The lowest BCUT2D eigenvalue weighted by Gasteiger charge is -2.13. The summed E-state index contributed by atoms with van der Waals surface area (Å²) >= 11 is 0. The molecule has 3 aromatic carbocycles. The summed E-state index contributed by atoms with van der Waals surface area (Å²) in [7, 11) is 1.63. The Bertz CT molecular complexity index is 1200. The van der Waals surface area contributed by atoms with Gasteiger partial charge in [0.25, 0.3) is 5.91 Å². The van der Waals surface area contributed by atoms with Crippen LogP contribution in [0.1, 0.15) is 21.6 Å². The molecule has 0 radical (unpaired) electrons. The molecule has 5 heteroatoms. The van der Waals surface area contributed by atoms with E-state index in [4.69, 9.17) is 4.74 Å². The smallest absolute Gasteiger partial charge is 0.253 e. The molecule has 4 nitrogen and oxygen atoms in total. The molecule has 4 aromatic rings. The number of halogens is 1. The van der Waals surface area contributed by atoms with Crippen molar-refractivity contribution in [3.8, 4) is 22.7 Å². The van der Waals surface area contributed by atoms with Crippen LogP contribution in [0.3, 0.4) is 0 Å². The van der Waals surface area contributed by atoms with Gasteiger partial charge in [0.05, 0.1) is 18.4 Å². The fourth-order valence-corrected chi connectivity index (χ4v) is 3.62. The van der Waals surface area contributed by atoms with Crippen LogP contribution in [0.15, 0.2) is 84.9 Å². The van der Waals surface area contributed by atoms with Crippen molar-refractivity contribution in [3.05, 3.63) is 108 Å². The van der Waals surface area contributed by atoms with Crippen LogP contribution in [0, 0.1) is 12.7 Å². The van der Waals surface area contributed by atoms with Crippen LogP contribution < -0.4 is 10.1 Å². The lowest BCUT2D eigenvalue weighted by atomic mass is 10.1. The molecule has 0 saturated heterocycles. The Balaban J connectivity index is 1.72. The van der Waals surface area contributed by atoms with Gasteiger partial charge >= 0.3 is 0 Å². The minimum absolute atomic E-state index is 0.180. The van der Waals surface area contributed by atoms with Crippen LogP contribution in [-0.2, 0) is 6.54 Å². The molecule has 0 aliphatic rings. The monoisotopic (exact) mass is 414 g/mol. The van der Waals surface area contributed by atoms with Gasteiger partial charge in [0.2, 0.25) is 0 Å². The van der Waals surface area contributed by atoms with Crippen molar-refractivity contribution in [3.63, 3.8) is 0 Å². The van der Waals surface area contributed by atoms with Gasteiger partial charge in [-0.15, -0.1) is 0 Å². The topological polar surface area (TPSA) is 43.3 Å². The zero-order valence-corrected chi connectivity index (χ0v) is 17.4. The molecule has 0 spiro atoms. The predicted molar refractivity (Wildman–Crippen MR) is 120 cm³/mol. The van der Waals surface area contributed by atoms with Crippen LogP contribution in [0.25, 0.3) is 16.9 Å². The molecule has 1 heterocycles. The summed E-state index contributed by atoms with van der Waals surface area (Å²) in [4.78, 5) is 13.0. The first kappa shape index (κ1) is 20.4. The number of rotatable bonds is 6. The minimum atomic E-state index is -0.297. The van der Waals surface area contributed by atoms with Crippen LogP contribution in [0.5, 0.6) is 5.75 Å². The Morgan fingerprint density at radius 3 is 2.42 bits per heavy atom. The number of ether oxygens (including phenoxy) is 1. The fraction of sp³-hybridized carbons (Fsp3) is 0.115. The molecule has 1 aromatic heterocycles. The van der Waals surface area contributed by atoms with E-state index in [0.29, 0.717) is 12.1 Å². The third-order valence-corrected chi connectivity index (χ3v) is 5.24.